The lowest BCUT2D eigenvalue weighted by Gasteiger charge is -2.23. The minimum absolute atomic E-state index is 0.0106. The van der Waals surface area contributed by atoms with Crippen LogP contribution in [0, 0.1) is 0 Å². The Kier molecular flexibility index (Phi) is 6.33. The zero-order valence-electron chi connectivity index (χ0n) is 30.6. The van der Waals surface area contributed by atoms with E-state index in [1.54, 1.807) is 0 Å². The van der Waals surface area contributed by atoms with E-state index in [0.717, 1.165) is 6.61 Å². The molecule has 0 amide bonds. The van der Waals surface area contributed by atoms with Crippen LogP contribution in [-0.2, 0) is 15.6 Å². The first-order valence-electron chi connectivity index (χ1n) is 19.0. The van der Waals surface area contributed by atoms with Gasteiger partial charge in [-0.15, -0.1) is 0 Å². The van der Waals surface area contributed by atoms with Crippen molar-refractivity contribution in [1.29, 1.82) is 0 Å². The number of fused-ring (bicyclic) bond motifs is 8. The molecule has 1 saturated heterocycles. The number of ether oxygens (including phenoxy) is 1. The van der Waals surface area contributed by atoms with E-state index in [1.807, 2.05) is 0 Å². The highest BCUT2D eigenvalue weighted by Crippen LogP contribution is 2.52. The molecule has 3 aliphatic rings. The van der Waals surface area contributed by atoms with Crippen LogP contribution in [0.3, 0.4) is 0 Å². The highest BCUT2D eigenvalue weighted by molar-refractivity contribution is 5.94. The lowest BCUT2D eigenvalue weighted by molar-refractivity contribution is 0.416. The van der Waals surface area contributed by atoms with Gasteiger partial charge in [0.1, 0.15) is 6.10 Å². The molecule has 254 valence electrons. The Balaban J connectivity index is 0.899. The maximum atomic E-state index is 5.50. The fourth-order valence-electron chi connectivity index (χ4n) is 9.47. The summed E-state index contributed by atoms with van der Waals surface area (Å²) >= 11 is 0. The van der Waals surface area contributed by atoms with Gasteiger partial charge < -0.3 is 4.74 Å². The van der Waals surface area contributed by atoms with Gasteiger partial charge in [-0.25, -0.2) is 0 Å². The van der Waals surface area contributed by atoms with E-state index in [0.29, 0.717) is 0 Å². The van der Waals surface area contributed by atoms with E-state index in [-0.39, 0.29) is 16.9 Å². The standard InChI is InChI=1S/C52H40O/c1-51(2)46-8-6-5-7-42(46)43-20-18-39(28-47(43)51)40-19-22-45-44-21-17-38(27-48(44)52(3,4)49(45)29-40)36-13-11-32-23-31(9-10-34(32)25-36)33-12-14-37-26-41(50-30-53-50)16-15-35(37)24-33/h5-29,50H,30H2,1-4H3. The number of hydrogen-bond acceptors (Lipinski definition) is 1. The Bertz CT molecular complexity index is 2850. The van der Waals surface area contributed by atoms with Gasteiger partial charge in [-0.05, 0) is 147 Å². The Morgan fingerprint density at radius 2 is 0.736 bits per heavy atom. The van der Waals surface area contributed by atoms with Crippen molar-refractivity contribution in [1.82, 2.24) is 0 Å². The molecule has 1 atom stereocenters. The minimum Gasteiger partial charge on any atom is -0.368 e. The molecule has 0 N–H and O–H groups in total. The summed E-state index contributed by atoms with van der Waals surface area (Å²) in [6, 6.07) is 57.5. The monoisotopic (exact) mass is 680 g/mol. The van der Waals surface area contributed by atoms with Gasteiger partial charge in [0.05, 0.1) is 6.61 Å². The first-order valence-corrected chi connectivity index (χ1v) is 19.0. The van der Waals surface area contributed by atoms with Gasteiger partial charge >= 0.3 is 0 Å². The molecule has 53 heavy (non-hydrogen) atoms. The molecule has 0 spiro atoms. The van der Waals surface area contributed by atoms with Crippen LogP contribution in [0.5, 0.6) is 0 Å². The SMILES string of the molecule is CC1(C)c2ccccc2-c2ccc(-c3ccc4c(c3)C(C)(C)c3cc(-c5ccc6cc(-c7ccc8cc(C9CO9)ccc8c7)ccc6c5)ccc3-4)cc21. The maximum absolute atomic E-state index is 5.50. The van der Waals surface area contributed by atoms with Crippen molar-refractivity contribution in [2.24, 2.45) is 0 Å². The van der Waals surface area contributed by atoms with Gasteiger partial charge in [-0.2, -0.15) is 0 Å². The van der Waals surface area contributed by atoms with Crippen LogP contribution in [-0.4, -0.2) is 6.61 Å². The number of rotatable bonds is 4. The van der Waals surface area contributed by atoms with Gasteiger partial charge in [-0.1, -0.05) is 137 Å². The molecule has 8 aromatic carbocycles. The van der Waals surface area contributed by atoms with Crippen molar-refractivity contribution in [2.45, 2.75) is 44.6 Å². The van der Waals surface area contributed by atoms with E-state index in [1.165, 1.54) is 105 Å². The van der Waals surface area contributed by atoms with Gasteiger partial charge in [0.15, 0.2) is 0 Å². The molecule has 0 radical (unpaired) electrons. The first kappa shape index (κ1) is 30.8. The number of epoxide rings is 1. The molecule has 1 heterocycles. The fraction of sp³-hybridized carbons (Fsp3) is 0.154. The average Bonchev–Trinajstić information content (AvgIpc) is 3.99. The third-order valence-electron chi connectivity index (χ3n) is 12.7. The Hall–Kier alpha value is -5.76. The van der Waals surface area contributed by atoms with Crippen LogP contribution in [0.15, 0.2) is 152 Å². The molecule has 0 saturated carbocycles. The molecule has 0 bridgehead atoms. The highest BCUT2D eigenvalue weighted by Gasteiger charge is 2.37. The van der Waals surface area contributed by atoms with Crippen LogP contribution >= 0.6 is 0 Å². The quantitative estimate of drug-likeness (QED) is 0.169. The lowest BCUT2D eigenvalue weighted by Crippen LogP contribution is -2.15. The van der Waals surface area contributed by atoms with E-state index in [9.17, 15) is 0 Å². The third-order valence-corrected chi connectivity index (χ3v) is 12.7. The normalized spacial score (nSPS) is 17.0. The smallest absolute Gasteiger partial charge is 0.106 e. The number of benzene rings is 8. The van der Waals surface area contributed by atoms with Gasteiger partial charge in [0, 0.05) is 10.8 Å². The van der Waals surface area contributed by atoms with E-state index in [2.05, 4.69) is 179 Å². The summed E-state index contributed by atoms with van der Waals surface area (Å²) in [7, 11) is 0. The molecular formula is C52H40O. The summed E-state index contributed by atoms with van der Waals surface area (Å²) in [6.45, 7) is 10.3. The van der Waals surface area contributed by atoms with Crippen LogP contribution < -0.4 is 0 Å². The molecule has 1 fully saturated rings. The summed E-state index contributed by atoms with van der Waals surface area (Å²) in [5.74, 6) is 0. The second-order valence-electron chi connectivity index (χ2n) is 16.5. The molecule has 1 unspecified atom stereocenters. The molecule has 2 aliphatic carbocycles. The third kappa shape index (κ3) is 4.67. The van der Waals surface area contributed by atoms with Crippen molar-refractivity contribution < 1.29 is 4.74 Å². The summed E-state index contributed by atoms with van der Waals surface area (Å²) in [6.07, 6.45) is 0.283. The molecule has 8 aromatic rings. The van der Waals surface area contributed by atoms with Crippen molar-refractivity contribution in [3.8, 4) is 55.6 Å². The highest BCUT2D eigenvalue weighted by atomic mass is 16.6. The molecule has 1 aliphatic heterocycles. The largest absolute Gasteiger partial charge is 0.368 e. The van der Waals surface area contributed by atoms with Crippen molar-refractivity contribution in [3.05, 3.63) is 179 Å². The second kappa shape index (κ2) is 10.9. The van der Waals surface area contributed by atoms with Crippen LogP contribution in [0.25, 0.3) is 77.2 Å². The topological polar surface area (TPSA) is 12.5 Å². The summed E-state index contributed by atoms with van der Waals surface area (Å²) in [4.78, 5) is 0. The zero-order valence-corrected chi connectivity index (χ0v) is 30.6. The first-order chi connectivity index (χ1) is 25.7. The van der Waals surface area contributed by atoms with Gasteiger partial charge in [0.25, 0.3) is 0 Å². The molecule has 1 heteroatoms. The molecule has 0 aromatic heterocycles. The molecule has 11 rings (SSSR count). The van der Waals surface area contributed by atoms with Gasteiger partial charge in [0.2, 0.25) is 0 Å². The van der Waals surface area contributed by atoms with E-state index in [4.69, 9.17) is 4.74 Å². The van der Waals surface area contributed by atoms with E-state index < -0.39 is 0 Å². The Morgan fingerprint density at radius 1 is 0.377 bits per heavy atom. The van der Waals surface area contributed by atoms with Gasteiger partial charge in [-0.3, -0.25) is 0 Å². The summed E-state index contributed by atoms with van der Waals surface area (Å²) < 4.78 is 5.50. The van der Waals surface area contributed by atoms with Crippen molar-refractivity contribution >= 4 is 21.5 Å². The fourth-order valence-corrected chi connectivity index (χ4v) is 9.47. The Morgan fingerprint density at radius 3 is 1.21 bits per heavy atom. The second-order valence-corrected chi connectivity index (χ2v) is 16.5. The minimum atomic E-state index is -0.109. The zero-order chi connectivity index (χ0) is 35.6. The van der Waals surface area contributed by atoms with Crippen molar-refractivity contribution in [2.75, 3.05) is 6.61 Å². The summed E-state index contributed by atoms with van der Waals surface area (Å²) in [5.41, 5.74) is 19.8. The van der Waals surface area contributed by atoms with Crippen LogP contribution in [0.4, 0.5) is 0 Å². The Labute approximate surface area is 311 Å². The van der Waals surface area contributed by atoms with Crippen molar-refractivity contribution in [3.63, 3.8) is 0 Å². The van der Waals surface area contributed by atoms with Crippen LogP contribution in [0.2, 0.25) is 0 Å². The van der Waals surface area contributed by atoms with E-state index >= 15 is 0 Å². The lowest BCUT2D eigenvalue weighted by atomic mass is 9.80. The molecular weight excluding hydrogens is 641 g/mol. The number of hydrogen-bond donors (Lipinski definition) is 0. The maximum Gasteiger partial charge on any atom is 0.106 e. The average molecular weight is 681 g/mol. The molecule has 1 nitrogen and oxygen atoms in total. The van der Waals surface area contributed by atoms with Crippen LogP contribution in [0.1, 0.15) is 61.6 Å². The predicted octanol–water partition coefficient (Wildman–Crippen LogP) is 13.7. The summed E-state index contributed by atoms with van der Waals surface area (Å²) in [5, 5.41) is 5.05. The predicted molar refractivity (Wildman–Crippen MR) is 222 cm³/mol.